The third-order valence-corrected chi connectivity index (χ3v) is 5.17. The number of piperidine rings is 1. The monoisotopic (exact) mass is 303 g/mol. The summed E-state index contributed by atoms with van der Waals surface area (Å²) in [5.41, 5.74) is 5.15. The molecule has 0 N–H and O–H groups in total. The molecule has 0 amide bonds. The van der Waals surface area contributed by atoms with Crippen LogP contribution in [0.5, 0.6) is 5.75 Å². The summed E-state index contributed by atoms with van der Waals surface area (Å²) in [4.78, 5) is 2.51. The number of hydrogen-bond acceptors (Lipinski definition) is 2. The van der Waals surface area contributed by atoms with E-state index in [9.17, 15) is 0 Å². The molecule has 1 aliphatic rings. The summed E-state index contributed by atoms with van der Waals surface area (Å²) in [6.45, 7) is 9.44. The van der Waals surface area contributed by atoms with Gasteiger partial charge in [0.1, 0.15) is 5.75 Å². The van der Waals surface area contributed by atoms with Crippen molar-refractivity contribution in [2.24, 2.45) is 0 Å². The van der Waals surface area contributed by atoms with Crippen molar-refractivity contribution in [2.75, 3.05) is 25.1 Å². The molecule has 2 rings (SSSR count). The summed E-state index contributed by atoms with van der Waals surface area (Å²) in [5, 5.41) is 0. The highest BCUT2D eigenvalue weighted by atomic mass is 28.3. The van der Waals surface area contributed by atoms with Crippen molar-refractivity contribution < 1.29 is 4.74 Å². The standard InChI is InChI=1S/C18H29NOSi/c1-20-17-12-8-10-16(11-9-15-21(2,3)4)18(17)19-13-6-5-7-14-19/h8-10,12,15H,5-7,11,13-14H2,1-4H3/b15-9+. The Balaban J connectivity index is 2.25. The predicted molar refractivity (Wildman–Crippen MR) is 95.2 cm³/mol. The summed E-state index contributed by atoms with van der Waals surface area (Å²) < 4.78 is 5.63. The Labute approximate surface area is 130 Å². The maximum absolute atomic E-state index is 5.63. The van der Waals surface area contributed by atoms with Crippen LogP contribution < -0.4 is 9.64 Å². The maximum Gasteiger partial charge on any atom is 0.142 e. The van der Waals surface area contributed by atoms with Crippen LogP contribution in [0.4, 0.5) is 5.69 Å². The van der Waals surface area contributed by atoms with E-state index in [-0.39, 0.29) is 0 Å². The second kappa shape index (κ2) is 7.17. The number of benzene rings is 1. The zero-order chi connectivity index (χ0) is 15.3. The van der Waals surface area contributed by atoms with E-state index in [4.69, 9.17) is 4.74 Å². The van der Waals surface area contributed by atoms with Crippen molar-refractivity contribution in [3.8, 4) is 5.75 Å². The van der Waals surface area contributed by atoms with Gasteiger partial charge < -0.3 is 9.64 Å². The Morgan fingerprint density at radius 2 is 1.86 bits per heavy atom. The highest BCUT2D eigenvalue weighted by Gasteiger charge is 2.18. The van der Waals surface area contributed by atoms with Crippen molar-refractivity contribution in [1.29, 1.82) is 0 Å². The molecule has 1 saturated heterocycles. The molecule has 0 bridgehead atoms. The lowest BCUT2D eigenvalue weighted by Gasteiger charge is -2.31. The lowest BCUT2D eigenvalue weighted by atomic mass is 10.0. The Bertz CT molecular complexity index is 484. The molecule has 0 spiro atoms. The minimum absolute atomic E-state index is 1.01. The lowest BCUT2D eigenvalue weighted by molar-refractivity contribution is 0.412. The molecule has 0 atom stereocenters. The number of nitrogens with zero attached hydrogens (tertiary/aromatic N) is 1. The second-order valence-electron chi connectivity index (χ2n) is 6.99. The van der Waals surface area contributed by atoms with Gasteiger partial charge in [0.05, 0.1) is 20.9 Å². The fraction of sp³-hybridized carbons (Fsp3) is 0.556. The molecular weight excluding hydrogens is 274 g/mol. The normalized spacial score (nSPS) is 16.5. The number of para-hydroxylation sites is 1. The van der Waals surface area contributed by atoms with Gasteiger partial charge in [-0.1, -0.05) is 43.5 Å². The highest BCUT2D eigenvalue weighted by Crippen LogP contribution is 2.34. The topological polar surface area (TPSA) is 12.5 Å². The fourth-order valence-corrected chi connectivity index (χ4v) is 3.74. The highest BCUT2D eigenvalue weighted by molar-refractivity contribution is 6.80. The zero-order valence-electron chi connectivity index (χ0n) is 14.0. The molecule has 0 aliphatic carbocycles. The number of rotatable bonds is 5. The van der Waals surface area contributed by atoms with Crippen LogP contribution in [0, 0.1) is 0 Å². The SMILES string of the molecule is COc1cccc(C/C=C/[Si](C)(C)C)c1N1CCCCC1. The summed E-state index contributed by atoms with van der Waals surface area (Å²) in [6, 6.07) is 6.46. The van der Waals surface area contributed by atoms with Crippen molar-refractivity contribution >= 4 is 13.8 Å². The molecule has 1 heterocycles. The van der Waals surface area contributed by atoms with E-state index in [2.05, 4.69) is 54.5 Å². The molecule has 3 heteroatoms. The van der Waals surface area contributed by atoms with Gasteiger partial charge in [0.25, 0.3) is 0 Å². The van der Waals surface area contributed by atoms with Gasteiger partial charge in [-0.05, 0) is 37.3 Å². The molecule has 21 heavy (non-hydrogen) atoms. The molecule has 1 fully saturated rings. The molecule has 0 saturated carbocycles. The van der Waals surface area contributed by atoms with Gasteiger partial charge in [0.2, 0.25) is 0 Å². The average molecular weight is 304 g/mol. The number of allylic oxidation sites excluding steroid dienone is 1. The Hall–Kier alpha value is -1.22. The quantitative estimate of drug-likeness (QED) is 0.733. The van der Waals surface area contributed by atoms with E-state index >= 15 is 0 Å². The molecule has 0 aromatic heterocycles. The first-order chi connectivity index (χ1) is 10.0. The van der Waals surface area contributed by atoms with E-state index < -0.39 is 8.07 Å². The van der Waals surface area contributed by atoms with Gasteiger partial charge in [-0.15, -0.1) is 0 Å². The fourth-order valence-electron chi connectivity index (χ4n) is 2.91. The van der Waals surface area contributed by atoms with Crippen molar-refractivity contribution in [2.45, 2.75) is 45.3 Å². The second-order valence-corrected chi connectivity index (χ2v) is 12.1. The molecule has 1 aliphatic heterocycles. The van der Waals surface area contributed by atoms with Gasteiger partial charge in [0.15, 0.2) is 0 Å². The summed E-state index contributed by atoms with van der Waals surface area (Å²) in [6.07, 6.45) is 7.31. The van der Waals surface area contributed by atoms with Crippen LogP contribution in [0.2, 0.25) is 19.6 Å². The van der Waals surface area contributed by atoms with Gasteiger partial charge in [0, 0.05) is 13.1 Å². The predicted octanol–water partition coefficient (Wildman–Crippen LogP) is 4.66. The van der Waals surface area contributed by atoms with Gasteiger partial charge in [-0.25, -0.2) is 0 Å². The number of methoxy groups -OCH3 is 1. The van der Waals surface area contributed by atoms with Crippen LogP contribution in [0.1, 0.15) is 24.8 Å². The number of anilines is 1. The van der Waals surface area contributed by atoms with Crippen molar-refractivity contribution in [1.82, 2.24) is 0 Å². The van der Waals surface area contributed by atoms with Gasteiger partial charge in [-0.3, -0.25) is 0 Å². The minimum atomic E-state index is -1.12. The van der Waals surface area contributed by atoms with Crippen LogP contribution in [0.3, 0.4) is 0 Å². The molecule has 2 nitrogen and oxygen atoms in total. The minimum Gasteiger partial charge on any atom is -0.495 e. The van der Waals surface area contributed by atoms with Crippen LogP contribution in [-0.2, 0) is 6.42 Å². The Morgan fingerprint density at radius 1 is 1.14 bits per heavy atom. The number of hydrogen-bond donors (Lipinski definition) is 0. The maximum atomic E-state index is 5.63. The first-order valence-corrected chi connectivity index (χ1v) is 11.7. The van der Waals surface area contributed by atoms with Crippen LogP contribution >= 0.6 is 0 Å². The summed E-state index contributed by atoms with van der Waals surface area (Å²) in [7, 11) is 0.667. The molecule has 0 unspecified atom stereocenters. The molecular formula is C18H29NOSi. The summed E-state index contributed by atoms with van der Waals surface area (Å²) >= 11 is 0. The van der Waals surface area contributed by atoms with E-state index in [1.165, 1.54) is 30.5 Å². The first-order valence-electron chi connectivity index (χ1n) is 8.10. The lowest BCUT2D eigenvalue weighted by Crippen LogP contribution is -2.30. The van der Waals surface area contributed by atoms with E-state index in [0.29, 0.717) is 0 Å². The average Bonchev–Trinajstić information content (AvgIpc) is 2.46. The van der Waals surface area contributed by atoms with Crippen LogP contribution in [0.15, 0.2) is 30.0 Å². The molecule has 1 aromatic rings. The molecule has 0 radical (unpaired) electrons. The van der Waals surface area contributed by atoms with E-state index in [1.807, 2.05) is 0 Å². The van der Waals surface area contributed by atoms with Gasteiger partial charge in [-0.2, -0.15) is 0 Å². The third kappa shape index (κ3) is 4.63. The van der Waals surface area contributed by atoms with E-state index in [1.54, 1.807) is 7.11 Å². The largest absolute Gasteiger partial charge is 0.495 e. The van der Waals surface area contributed by atoms with E-state index in [0.717, 1.165) is 25.3 Å². The molecule has 116 valence electrons. The van der Waals surface area contributed by atoms with Gasteiger partial charge >= 0.3 is 0 Å². The smallest absolute Gasteiger partial charge is 0.142 e. The van der Waals surface area contributed by atoms with Crippen LogP contribution in [0.25, 0.3) is 0 Å². The Kier molecular flexibility index (Phi) is 5.51. The van der Waals surface area contributed by atoms with Crippen molar-refractivity contribution in [3.05, 3.63) is 35.5 Å². The zero-order valence-corrected chi connectivity index (χ0v) is 15.0. The first kappa shape index (κ1) is 16.2. The van der Waals surface area contributed by atoms with Crippen LogP contribution in [-0.4, -0.2) is 28.3 Å². The third-order valence-electron chi connectivity index (χ3n) is 3.93. The Morgan fingerprint density at radius 3 is 2.48 bits per heavy atom. The molecule has 1 aromatic carbocycles. The number of ether oxygens (including phenoxy) is 1. The van der Waals surface area contributed by atoms with Crippen molar-refractivity contribution in [3.63, 3.8) is 0 Å². The summed E-state index contributed by atoms with van der Waals surface area (Å²) in [5.74, 6) is 1.02.